The highest BCUT2D eigenvalue weighted by Crippen LogP contribution is 2.26. The number of carbonyl (C=O) groups excluding carboxylic acids is 1. The second-order valence-electron chi connectivity index (χ2n) is 3.29. The molecule has 1 aliphatic rings. The van der Waals surface area contributed by atoms with E-state index in [1.165, 1.54) is 18.2 Å². The number of benzene rings is 1. The van der Waals surface area contributed by atoms with Gasteiger partial charge in [0.15, 0.2) is 5.78 Å². The van der Waals surface area contributed by atoms with Gasteiger partial charge in [-0.2, -0.15) is 0 Å². The van der Waals surface area contributed by atoms with Crippen LogP contribution in [0.5, 0.6) is 0 Å². The summed E-state index contributed by atoms with van der Waals surface area (Å²) in [6, 6.07) is 3.31. The topological polar surface area (TPSA) is 17.1 Å². The van der Waals surface area contributed by atoms with Crippen molar-refractivity contribution in [2.24, 2.45) is 0 Å². The fourth-order valence-electron chi connectivity index (χ4n) is 1.56. The Bertz CT molecular complexity index is 401. The largest absolute Gasteiger partial charge is 0.295 e. The van der Waals surface area contributed by atoms with E-state index in [1.54, 1.807) is 0 Å². The van der Waals surface area contributed by atoms with Gasteiger partial charge < -0.3 is 0 Å². The molecule has 0 atom stereocenters. The van der Waals surface area contributed by atoms with E-state index >= 15 is 0 Å². The Morgan fingerprint density at radius 2 is 1.64 bits per heavy atom. The Morgan fingerprint density at radius 1 is 1.00 bits per heavy atom. The summed E-state index contributed by atoms with van der Waals surface area (Å²) in [5, 5.41) is 0. The van der Waals surface area contributed by atoms with E-state index in [0.717, 1.165) is 6.07 Å². The number of halogens is 2. The zero-order valence-electron chi connectivity index (χ0n) is 7.39. The first-order chi connectivity index (χ1) is 6.65. The number of rotatable bonds is 1. The number of carbonyl (C=O) groups is 1. The van der Waals surface area contributed by atoms with Crippen LogP contribution in [0, 0.1) is 11.6 Å². The summed E-state index contributed by atoms with van der Waals surface area (Å²) >= 11 is 0. The average Bonchev–Trinajstić information content (AvgIpc) is 2.50. The predicted molar refractivity (Wildman–Crippen MR) is 48.6 cm³/mol. The van der Waals surface area contributed by atoms with E-state index in [4.69, 9.17) is 0 Å². The van der Waals surface area contributed by atoms with Crippen molar-refractivity contribution in [3.63, 3.8) is 0 Å². The summed E-state index contributed by atoms with van der Waals surface area (Å²) in [7, 11) is 0. The number of hydrogen-bond acceptors (Lipinski definition) is 1. The molecule has 0 N–H and O–H groups in total. The fraction of sp³-hybridized carbons (Fsp3) is 0.182. The van der Waals surface area contributed by atoms with E-state index in [2.05, 4.69) is 0 Å². The molecule has 0 aliphatic heterocycles. The maximum Gasteiger partial charge on any atom is 0.156 e. The average molecular weight is 194 g/mol. The second kappa shape index (κ2) is 3.33. The Balaban J connectivity index is 2.42. The molecule has 0 radical (unpaired) electrons. The minimum absolute atomic E-state index is 0.0182. The Hall–Kier alpha value is -1.51. The molecule has 1 nitrogen and oxygen atoms in total. The lowest BCUT2D eigenvalue weighted by atomic mass is 10.1. The van der Waals surface area contributed by atoms with Gasteiger partial charge in [0.25, 0.3) is 0 Å². The number of allylic oxidation sites excluding steroid dienone is 2. The van der Waals surface area contributed by atoms with Crippen LogP contribution in [0.3, 0.4) is 0 Å². The Morgan fingerprint density at radius 3 is 2.14 bits per heavy atom. The van der Waals surface area contributed by atoms with Crippen LogP contribution in [0.15, 0.2) is 24.3 Å². The van der Waals surface area contributed by atoms with Crippen molar-refractivity contribution in [2.75, 3.05) is 0 Å². The summed E-state index contributed by atoms with van der Waals surface area (Å²) in [5.41, 5.74) is 1.18. The van der Waals surface area contributed by atoms with Crippen LogP contribution >= 0.6 is 0 Å². The monoisotopic (exact) mass is 194 g/mol. The van der Waals surface area contributed by atoms with Crippen molar-refractivity contribution in [1.82, 2.24) is 0 Å². The second-order valence-corrected chi connectivity index (χ2v) is 3.29. The minimum atomic E-state index is -0.611. The lowest BCUT2D eigenvalue weighted by Crippen LogP contribution is -1.86. The molecule has 0 bridgehead atoms. The molecule has 0 saturated carbocycles. The minimum Gasteiger partial charge on any atom is -0.295 e. The highest BCUT2D eigenvalue weighted by Gasteiger charge is 2.14. The first-order valence-electron chi connectivity index (χ1n) is 4.35. The van der Waals surface area contributed by atoms with Crippen molar-refractivity contribution in [3.8, 4) is 0 Å². The molecule has 1 aromatic carbocycles. The van der Waals surface area contributed by atoms with Crippen LogP contribution in [-0.2, 0) is 4.79 Å². The first-order valence-corrected chi connectivity index (χ1v) is 4.35. The fourth-order valence-corrected chi connectivity index (χ4v) is 1.56. The van der Waals surface area contributed by atoms with Gasteiger partial charge in [-0.1, -0.05) is 0 Å². The van der Waals surface area contributed by atoms with Crippen molar-refractivity contribution in [2.45, 2.75) is 12.8 Å². The van der Waals surface area contributed by atoms with Gasteiger partial charge in [0, 0.05) is 12.5 Å². The predicted octanol–water partition coefficient (Wildman–Crippen LogP) is 2.71. The SMILES string of the molecule is O=C1C=C(c2cc(F)cc(F)c2)CC1. The lowest BCUT2D eigenvalue weighted by Gasteiger charge is -2.01. The third-order valence-corrected chi connectivity index (χ3v) is 2.21. The van der Waals surface area contributed by atoms with Crippen LogP contribution in [-0.4, -0.2) is 5.78 Å². The van der Waals surface area contributed by atoms with Crippen LogP contribution in [0.2, 0.25) is 0 Å². The van der Waals surface area contributed by atoms with E-state index in [-0.39, 0.29) is 5.78 Å². The van der Waals surface area contributed by atoms with Crippen LogP contribution in [0.1, 0.15) is 18.4 Å². The van der Waals surface area contributed by atoms with E-state index in [9.17, 15) is 13.6 Å². The normalized spacial score (nSPS) is 15.9. The van der Waals surface area contributed by atoms with Crippen molar-refractivity contribution in [3.05, 3.63) is 41.5 Å². The van der Waals surface area contributed by atoms with Gasteiger partial charge in [0.1, 0.15) is 11.6 Å². The molecule has 14 heavy (non-hydrogen) atoms. The van der Waals surface area contributed by atoms with Crippen molar-refractivity contribution in [1.29, 1.82) is 0 Å². The van der Waals surface area contributed by atoms with Crippen LogP contribution < -0.4 is 0 Å². The molecular formula is C11H8F2O. The lowest BCUT2D eigenvalue weighted by molar-refractivity contribution is -0.114. The summed E-state index contributed by atoms with van der Waals surface area (Å²) in [6.07, 6.45) is 2.46. The van der Waals surface area contributed by atoms with E-state index in [0.29, 0.717) is 24.0 Å². The zero-order valence-corrected chi connectivity index (χ0v) is 7.39. The van der Waals surface area contributed by atoms with Gasteiger partial charge in [0.2, 0.25) is 0 Å². The van der Waals surface area contributed by atoms with Crippen LogP contribution in [0.25, 0.3) is 5.57 Å². The number of hydrogen-bond donors (Lipinski definition) is 0. The van der Waals surface area contributed by atoms with E-state index in [1.807, 2.05) is 0 Å². The molecule has 1 aromatic rings. The smallest absolute Gasteiger partial charge is 0.156 e. The molecule has 0 spiro atoms. The van der Waals surface area contributed by atoms with Crippen molar-refractivity contribution < 1.29 is 13.6 Å². The molecular weight excluding hydrogens is 186 g/mol. The van der Waals surface area contributed by atoms with Gasteiger partial charge >= 0.3 is 0 Å². The maximum absolute atomic E-state index is 12.8. The molecule has 0 aromatic heterocycles. The highest BCUT2D eigenvalue weighted by molar-refractivity contribution is 6.01. The molecule has 2 rings (SSSR count). The zero-order chi connectivity index (χ0) is 10.1. The first kappa shape index (κ1) is 9.06. The van der Waals surface area contributed by atoms with Gasteiger partial charge in [0.05, 0.1) is 0 Å². The summed E-state index contributed by atoms with van der Waals surface area (Å²) in [5.74, 6) is -1.20. The van der Waals surface area contributed by atoms with Gasteiger partial charge in [-0.05, 0) is 35.8 Å². The van der Waals surface area contributed by atoms with Gasteiger partial charge in [-0.15, -0.1) is 0 Å². The summed E-state index contributed by atoms with van der Waals surface area (Å²) in [4.78, 5) is 10.9. The molecule has 0 unspecified atom stereocenters. The highest BCUT2D eigenvalue weighted by atomic mass is 19.1. The Labute approximate surface area is 80.1 Å². The number of ketones is 1. The summed E-state index contributed by atoms with van der Waals surface area (Å²) < 4.78 is 25.7. The molecule has 1 aliphatic carbocycles. The van der Waals surface area contributed by atoms with Gasteiger partial charge in [-0.3, -0.25) is 4.79 Å². The quantitative estimate of drug-likeness (QED) is 0.671. The molecule has 0 saturated heterocycles. The molecule has 72 valence electrons. The standard InChI is InChI=1S/C11H8F2O/c12-9-3-8(4-10(13)6-9)7-1-2-11(14)5-7/h3-6H,1-2H2. The molecule has 0 heterocycles. The van der Waals surface area contributed by atoms with Gasteiger partial charge in [-0.25, -0.2) is 8.78 Å². The Kier molecular flexibility index (Phi) is 2.15. The molecule has 0 amide bonds. The maximum atomic E-state index is 12.8. The summed E-state index contributed by atoms with van der Waals surface area (Å²) in [6.45, 7) is 0. The molecule has 3 heteroatoms. The van der Waals surface area contributed by atoms with Crippen LogP contribution in [0.4, 0.5) is 8.78 Å². The van der Waals surface area contributed by atoms with Crippen molar-refractivity contribution >= 4 is 11.4 Å². The molecule has 0 fully saturated rings. The third kappa shape index (κ3) is 1.71. The van der Waals surface area contributed by atoms with E-state index < -0.39 is 11.6 Å². The third-order valence-electron chi connectivity index (χ3n) is 2.21.